The van der Waals surface area contributed by atoms with E-state index < -0.39 is 5.91 Å². The van der Waals surface area contributed by atoms with Gasteiger partial charge >= 0.3 is 11.8 Å². The summed E-state index contributed by atoms with van der Waals surface area (Å²) in [5.74, 6) is 0.0238. The second-order valence-electron chi connectivity index (χ2n) is 8.84. The largest absolute Gasteiger partial charge is 0.339 e. The summed E-state index contributed by atoms with van der Waals surface area (Å²) in [5, 5.41) is 0. The molecule has 0 unspecified atom stereocenters. The van der Waals surface area contributed by atoms with Gasteiger partial charge in [0.1, 0.15) is 0 Å². The Balaban J connectivity index is 1.34. The molecule has 3 aliphatic rings. The van der Waals surface area contributed by atoms with E-state index in [0.29, 0.717) is 31.1 Å². The van der Waals surface area contributed by atoms with Gasteiger partial charge in [-0.15, -0.1) is 0 Å². The second-order valence-corrected chi connectivity index (χ2v) is 8.84. The van der Waals surface area contributed by atoms with Gasteiger partial charge in [0, 0.05) is 44.3 Å². The SMILES string of the molecule is CC1CCN(C(=O)c2ccc(CN3CCN(C4CCCC4)C(=O)C3=O)cc2)CC1. The van der Waals surface area contributed by atoms with Gasteiger partial charge in [-0.05, 0) is 49.3 Å². The Kier molecular flexibility index (Phi) is 5.88. The number of piperazine rings is 1. The maximum atomic E-state index is 12.7. The molecule has 29 heavy (non-hydrogen) atoms. The number of hydrogen-bond donors (Lipinski definition) is 0. The standard InChI is InChI=1S/C23H31N3O3/c1-17-10-12-24(13-11-17)21(27)19-8-6-18(7-9-19)16-25-14-15-26(23(29)22(25)28)20-4-2-3-5-20/h6-9,17,20H,2-5,10-16H2,1H3. The summed E-state index contributed by atoms with van der Waals surface area (Å²) in [4.78, 5) is 43.1. The van der Waals surface area contributed by atoms with Crippen molar-refractivity contribution in [3.8, 4) is 0 Å². The van der Waals surface area contributed by atoms with E-state index >= 15 is 0 Å². The summed E-state index contributed by atoms with van der Waals surface area (Å²) in [7, 11) is 0. The number of nitrogens with zero attached hydrogens (tertiary/aromatic N) is 3. The molecule has 6 nitrogen and oxygen atoms in total. The number of amides is 3. The van der Waals surface area contributed by atoms with Gasteiger partial charge in [0.25, 0.3) is 5.91 Å². The minimum absolute atomic E-state index is 0.0832. The van der Waals surface area contributed by atoms with Crippen molar-refractivity contribution in [2.24, 2.45) is 5.92 Å². The van der Waals surface area contributed by atoms with Gasteiger partial charge in [-0.25, -0.2) is 0 Å². The van der Waals surface area contributed by atoms with E-state index in [1.54, 1.807) is 9.80 Å². The predicted octanol–water partition coefficient (Wildman–Crippen LogP) is 2.67. The number of rotatable bonds is 4. The molecule has 0 aromatic heterocycles. The molecule has 0 atom stereocenters. The van der Waals surface area contributed by atoms with Crippen LogP contribution in [-0.2, 0) is 16.1 Å². The van der Waals surface area contributed by atoms with E-state index in [1.165, 1.54) is 0 Å². The van der Waals surface area contributed by atoms with Gasteiger partial charge in [0.05, 0.1) is 0 Å². The molecule has 0 spiro atoms. The molecule has 1 saturated carbocycles. The fraction of sp³-hybridized carbons (Fsp3) is 0.609. The second kappa shape index (κ2) is 8.56. The Hall–Kier alpha value is -2.37. The van der Waals surface area contributed by atoms with Gasteiger partial charge in [-0.1, -0.05) is 31.9 Å². The smallest absolute Gasteiger partial charge is 0.312 e. The third-order valence-corrected chi connectivity index (χ3v) is 6.75. The van der Waals surface area contributed by atoms with Crippen LogP contribution in [0, 0.1) is 5.92 Å². The van der Waals surface area contributed by atoms with E-state index in [1.807, 2.05) is 29.2 Å². The maximum Gasteiger partial charge on any atom is 0.312 e. The number of carbonyl (C=O) groups excluding carboxylic acids is 3. The van der Waals surface area contributed by atoms with E-state index in [2.05, 4.69) is 6.92 Å². The van der Waals surface area contributed by atoms with E-state index in [4.69, 9.17) is 0 Å². The Morgan fingerprint density at radius 2 is 1.55 bits per heavy atom. The zero-order chi connectivity index (χ0) is 20.4. The molecule has 2 aliphatic heterocycles. The molecule has 3 amide bonds. The number of likely N-dealkylation sites (tertiary alicyclic amines) is 1. The Bertz CT molecular complexity index is 762. The quantitative estimate of drug-likeness (QED) is 0.734. The summed E-state index contributed by atoms with van der Waals surface area (Å²) >= 11 is 0. The molecule has 1 aromatic rings. The first-order valence-corrected chi connectivity index (χ1v) is 11.0. The van der Waals surface area contributed by atoms with Crippen LogP contribution in [-0.4, -0.2) is 64.6 Å². The topological polar surface area (TPSA) is 60.9 Å². The molecule has 6 heteroatoms. The number of piperidine rings is 1. The van der Waals surface area contributed by atoms with Crippen LogP contribution in [0.15, 0.2) is 24.3 Å². The van der Waals surface area contributed by atoms with Gasteiger partial charge < -0.3 is 14.7 Å². The minimum Gasteiger partial charge on any atom is -0.339 e. The number of carbonyl (C=O) groups is 3. The van der Waals surface area contributed by atoms with Crippen LogP contribution in [0.1, 0.15) is 61.4 Å². The summed E-state index contributed by atoms with van der Waals surface area (Å²) in [6.07, 6.45) is 6.45. The monoisotopic (exact) mass is 397 g/mol. The molecular formula is C23H31N3O3. The third-order valence-electron chi connectivity index (χ3n) is 6.75. The average Bonchev–Trinajstić information content (AvgIpc) is 3.27. The molecule has 0 N–H and O–H groups in total. The van der Waals surface area contributed by atoms with Crippen LogP contribution < -0.4 is 0 Å². The number of benzene rings is 1. The third kappa shape index (κ3) is 4.31. The highest BCUT2D eigenvalue weighted by atomic mass is 16.2. The van der Waals surface area contributed by atoms with Crippen molar-refractivity contribution < 1.29 is 14.4 Å². The lowest BCUT2D eigenvalue weighted by Crippen LogP contribution is -2.56. The summed E-state index contributed by atoms with van der Waals surface area (Å²) in [6.45, 7) is 5.50. The lowest BCUT2D eigenvalue weighted by Gasteiger charge is -2.37. The van der Waals surface area contributed by atoms with Gasteiger partial charge in [0.2, 0.25) is 0 Å². The predicted molar refractivity (Wildman–Crippen MR) is 110 cm³/mol. The molecule has 156 valence electrons. The summed E-state index contributed by atoms with van der Waals surface area (Å²) < 4.78 is 0. The van der Waals surface area contributed by atoms with Gasteiger partial charge in [0.15, 0.2) is 0 Å². The highest BCUT2D eigenvalue weighted by Gasteiger charge is 2.37. The molecule has 1 aliphatic carbocycles. The molecule has 2 saturated heterocycles. The summed E-state index contributed by atoms with van der Waals surface area (Å²) in [5.41, 5.74) is 1.64. The number of hydrogen-bond acceptors (Lipinski definition) is 3. The highest BCUT2D eigenvalue weighted by Crippen LogP contribution is 2.25. The first-order valence-electron chi connectivity index (χ1n) is 11.0. The van der Waals surface area contributed by atoms with Crippen molar-refractivity contribution in [3.05, 3.63) is 35.4 Å². The zero-order valence-corrected chi connectivity index (χ0v) is 17.3. The van der Waals surface area contributed by atoms with Crippen molar-refractivity contribution in [1.29, 1.82) is 0 Å². The van der Waals surface area contributed by atoms with Gasteiger partial charge in [-0.2, -0.15) is 0 Å². The van der Waals surface area contributed by atoms with Crippen molar-refractivity contribution >= 4 is 17.7 Å². The maximum absolute atomic E-state index is 12.7. The molecule has 3 fully saturated rings. The Morgan fingerprint density at radius 3 is 2.21 bits per heavy atom. The van der Waals surface area contributed by atoms with Gasteiger partial charge in [-0.3, -0.25) is 14.4 Å². The van der Waals surface area contributed by atoms with E-state index in [9.17, 15) is 14.4 Å². The van der Waals surface area contributed by atoms with Crippen LogP contribution in [0.3, 0.4) is 0 Å². The Labute approximate surface area is 172 Å². The van der Waals surface area contributed by atoms with Crippen LogP contribution >= 0.6 is 0 Å². The van der Waals surface area contributed by atoms with Crippen LogP contribution in [0.2, 0.25) is 0 Å². The minimum atomic E-state index is -0.397. The first kappa shape index (κ1) is 19.9. The lowest BCUT2D eigenvalue weighted by molar-refractivity contribution is -0.158. The van der Waals surface area contributed by atoms with Crippen molar-refractivity contribution in [3.63, 3.8) is 0 Å². The van der Waals surface area contributed by atoms with Crippen LogP contribution in [0.5, 0.6) is 0 Å². The fourth-order valence-electron chi connectivity index (χ4n) is 4.77. The normalized spacial score (nSPS) is 21.9. The fourth-order valence-corrected chi connectivity index (χ4v) is 4.77. The van der Waals surface area contributed by atoms with E-state index in [0.717, 1.165) is 57.2 Å². The molecular weight excluding hydrogens is 366 g/mol. The highest BCUT2D eigenvalue weighted by molar-refractivity contribution is 6.35. The lowest BCUT2D eigenvalue weighted by atomic mass is 9.98. The molecule has 2 heterocycles. The Morgan fingerprint density at radius 1 is 0.897 bits per heavy atom. The summed E-state index contributed by atoms with van der Waals surface area (Å²) in [6, 6.07) is 7.74. The molecule has 0 radical (unpaired) electrons. The van der Waals surface area contributed by atoms with Crippen molar-refractivity contribution in [2.75, 3.05) is 26.2 Å². The first-order chi connectivity index (χ1) is 14.0. The molecule has 4 rings (SSSR count). The van der Waals surface area contributed by atoms with Crippen LogP contribution in [0.25, 0.3) is 0 Å². The van der Waals surface area contributed by atoms with Crippen molar-refractivity contribution in [2.45, 2.75) is 58.0 Å². The van der Waals surface area contributed by atoms with Crippen LogP contribution in [0.4, 0.5) is 0 Å². The average molecular weight is 398 g/mol. The molecule has 1 aromatic carbocycles. The zero-order valence-electron chi connectivity index (χ0n) is 17.3. The van der Waals surface area contributed by atoms with Crippen molar-refractivity contribution in [1.82, 2.24) is 14.7 Å². The van der Waals surface area contributed by atoms with E-state index in [-0.39, 0.29) is 17.9 Å². The molecule has 0 bridgehead atoms.